The van der Waals surface area contributed by atoms with Crippen LogP contribution in [-0.4, -0.2) is 6.88 Å². The van der Waals surface area contributed by atoms with Gasteiger partial charge in [0.2, 0.25) is 0 Å². The Bertz CT molecular complexity index is 1780. The average molecular weight is 724 g/mol. The number of benzene rings is 5. The molecule has 0 aliphatic heterocycles. The van der Waals surface area contributed by atoms with E-state index in [0.717, 1.165) is 12.8 Å². The maximum atomic E-state index is 2.60. The molecule has 0 heterocycles. The molecule has 0 bridgehead atoms. The molecule has 0 fully saturated rings. The van der Waals surface area contributed by atoms with Crippen LogP contribution in [0.5, 0.6) is 0 Å². The topological polar surface area (TPSA) is 0 Å². The first-order valence-corrected chi connectivity index (χ1v) is 26.3. The number of rotatable bonds is 8. The van der Waals surface area contributed by atoms with Crippen molar-refractivity contribution < 1.29 is 18.9 Å². The fourth-order valence-electron chi connectivity index (χ4n) is 7.98. The minimum absolute atomic E-state index is 0. The van der Waals surface area contributed by atoms with E-state index >= 15 is 0 Å². The monoisotopic (exact) mass is 721 g/mol. The van der Waals surface area contributed by atoms with Crippen LogP contribution in [0, 0.1) is 0 Å². The molecular formula is C41H41Cl2SiZr. The first-order valence-electron chi connectivity index (χ1n) is 15.8. The van der Waals surface area contributed by atoms with Crippen molar-refractivity contribution >= 4 is 43.8 Å². The van der Waals surface area contributed by atoms with Crippen LogP contribution < -0.4 is 0 Å². The van der Waals surface area contributed by atoms with Crippen molar-refractivity contribution in [1.29, 1.82) is 0 Å². The van der Waals surface area contributed by atoms with Gasteiger partial charge < -0.3 is 0 Å². The smallest absolute Gasteiger partial charge is 0.147 e. The largest absolute Gasteiger partial charge is 0.147 e. The van der Waals surface area contributed by atoms with Crippen LogP contribution >= 0.6 is 24.8 Å². The molecule has 0 saturated carbocycles. The molecule has 2 atom stereocenters. The molecule has 227 valence electrons. The molecule has 0 saturated heterocycles. The van der Waals surface area contributed by atoms with E-state index in [-0.39, 0.29) is 24.8 Å². The number of halogens is 2. The second-order valence-electron chi connectivity index (χ2n) is 12.3. The molecular weight excluding hydrogens is 683 g/mol. The van der Waals surface area contributed by atoms with Gasteiger partial charge in [0, 0.05) is 0 Å². The van der Waals surface area contributed by atoms with Crippen molar-refractivity contribution in [2.75, 3.05) is 0 Å². The second kappa shape index (κ2) is 14.4. The average Bonchev–Trinajstić information content (AvgIpc) is 3.65. The summed E-state index contributed by atoms with van der Waals surface area (Å²) < 4.78 is 2.33. The fraction of sp³-hybridized carbons (Fsp3) is 0.171. The van der Waals surface area contributed by atoms with E-state index in [1.807, 2.05) is 0 Å². The van der Waals surface area contributed by atoms with E-state index in [2.05, 4.69) is 160 Å². The predicted octanol–water partition coefficient (Wildman–Crippen LogP) is 11.2. The summed E-state index contributed by atoms with van der Waals surface area (Å²) in [7, 11) is 0. The van der Waals surface area contributed by atoms with Crippen LogP contribution in [0.2, 0.25) is 0 Å². The summed E-state index contributed by atoms with van der Waals surface area (Å²) in [6, 6.07) is 47.7. The molecule has 0 amide bonds. The van der Waals surface area contributed by atoms with Crippen LogP contribution in [-0.2, 0) is 23.0 Å². The summed E-state index contributed by atoms with van der Waals surface area (Å²) in [5, 5.41) is 0. The molecule has 5 aromatic carbocycles. The van der Waals surface area contributed by atoms with Crippen LogP contribution in [0.1, 0.15) is 61.8 Å². The van der Waals surface area contributed by atoms with Gasteiger partial charge in [0.1, 0.15) is 0 Å². The maximum absolute atomic E-state index is 3.23. The first-order chi connectivity index (χ1) is 21.1. The Morgan fingerprint density at radius 3 is 1.31 bits per heavy atom. The Morgan fingerprint density at radius 2 is 0.911 bits per heavy atom. The Labute approximate surface area is 287 Å². The van der Waals surface area contributed by atoms with Crippen LogP contribution in [0.25, 0.3) is 34.4 Å². The summed E-state index contributed by atoms with van der Waals surface area (Å²) in [4.78, 5) is 0. The summed E-state index contributed by atoms with van der Waals surface area (Å²) >= 11 is -3.23. The van der Waals surface area contributed by atoms with Gasteiger partial charge in [-0.1, -0.05) is 0 Å². The van der Waals surface area contributed by atoms with Gasteiger partial charge in [-0.2, -0.15) is 0 Å². The van der Waals surface area contributed by atoms with Gasteiger partial charge in [-0.25, -0.2) is 0 Å². The Morgan fingerprint density at radius 1 is 0.511 bits per heavy atom. The molecule has 0 aromatic heterocycles. The number of allylic oxidation sites excluding steroid dienone is 2. The van der Waals surface area contributed by atoms with Crippen molar-refractivity contribution in [3.63, 3.8) is 0 Å². The van der Waals surface area contributed by atoms with Gasteiger partial charge in [-0.15, -0.1) is 24.8 Å². The third kappa shape index (κ3) is 6.08. The third-order valence-electron chi connectivity index (χ3n) is 9.81. The van der Waals surface area contributed by atoms with Gasteiger partial charge in [0.05, 0.1) is 0 Å². The normalized spacial score (nSPS) is 17.6. The molecule has 2 aliphatic rings. The van der Waals surface area contributed by atoms with Gasteiger partial charge in [0.15, 0.2) is 0 Å². The molecule has 2 aliphatic carbocycles. The minimum atomic E-state index is -3.23. The zero-order valence-electron chi connectivity index (χ0n) is 26.1. The summed E-state index contributed by atoms with van der Waals surface area (Å²) in [5.74, 6) is 0. The van der Waals surface area contributed by atoms with Crippen molar-refractivity contribution in [2.24, 2.45) is 0 Å². The van der Waals surface area contributed by atoms with Gasteiger partial charge >= 0.3 is 265 Å². The first kappa shape index (κ1) is 33.6. The summed E-state index contributed by atoms with van der Waals surface area (Å²) in [6.45, 7) is 7.27. The standard InChI is InChI=1S/2C17H15.C7H7.2ClH.H2Si.Zr/c2*1-2-13-11-15-9-6-10-16(17(15)12-13)14-7-4-3-5-8-14;1-7-5-3-2-4-6-7;;;;/h2*3-12H,2H2,1H3;2-6H,1H2;2*1H;1H2;. The second-order valence-corrected chi connectivity index (χ2v) is 29.8. The van der Waals surface area contributed by atoms with Crippen molar-refractivity contribution in [3.8, 4) is 22.3 Å². The predicted molar refractivity (Wildman–Crippen MR) is 199 cm³/mol. The summed E-state index contributed by atoms with van der Waals surface area (Å²) in [5.41, 5.74) is 16.3. The molecule has 5 aromatic rings. The zero-order chi connectivity index (χ0) is 29.4. The molecule has 0 N–H and O–H groups in total. The quantitative estimate of drug-likeness (QED) is 0.140. The molecule has 2 unspecified atom stereocenters. The third-order valence-corrected chi connectivity index (χ3v) is 27.8. The maximum Gasteiger partial charge on any atom is -0.147 e. The Balaban J connectivity index is 0.00000200. The molecule has 0 spiro atoms. The number of fused-ring (bicyclic) bond motifs is 2. The molecule has 0 radical (unpaired) electrons. The minimum Gasteiger partial charge on any atom is -0.147 e. The zero-order valence-corrected chi connectivity index (χ0v) is 31.6. The number of hydrogen-bond acceptors (Lipinski definition) is 0. The van der Waals surface area contributed by atoms with Crippen LogP contribution in [0.3, 0.4) is 0 Å². The van der Waals surface area contributed by atoms with Crippen LogP contribution in [0.4, 0.5) is 0 Å². The van der Waals surface area contributed by atoms with Crippen molar-refractivity contribution in [2.45, 2.75) is 38.1 Å². The van der Waals surface area contributed by atoms with E-state index < -0.39 is 18.9 Å². The molecule has 45 heavy (non-hydrogen) atoms. The van der Waals surface area contributed by atoms with E-state index in [4.69, 9.17) is 0 Å². The molecule has 7 rings (SSSR count). The van der Waals surface area contributed by atoms with Gasteiger partial charge in [0.25, 0.3) is 0 Å². The van der Waals surface area contributed by atoms with Gasteiger partial charge in [-0.05, 0) is 0 Å². The van der Waals surface area contributed by atoms with E-state index in [0.29, 0.717) is 7.25 Å². The van der Waals surface area contributed by atoms with E-state index in [1.165, 1.54) is 43.1 Å². The summed E-state index contributed by atoms with van der Waals surface area (Å²) in [6.07, 6.45) is 7.40. The van der Waals surface area contributed by atoms with Gasteiger partial charge in [-0.3, -0.25) is 0 Å². The number of hydrogen-bond donors (Lipinski definition) is 0. The van der Waals surface area contributed by atoms with Crippen molar-refractivity contribution in [1.82, 2.24) is 0 Å². The van der Waals surface area contributed by atoms with E-state index in [9.17, 15) is 0 Å². The molecule has 4 heteroatoms. The fourth-order valence-corrected chi connectivity index (χ4v) is 29.0. The van der Waals surface area contributed by atoms with E-state index in [1.54, 1.807) is 22.3 Å². The van der Waals surface area contributed by atoms with Crippen LogP contribution in [0.15, 0.2) is 139 Å². The SMILES string of the molecule is CCC1=Cc2c(-c3ccccc3)cccc2[CH]1[Zr](=[SiH2])([CH2]c1ccccc1)[CH]1C(CC)=Cc2c(-c3ccccc3)cccc21.Cl.Cl. The Hall–Kier alpha value is -2.74. The Kier molecular flexibility index (Phi) is 10.7. The molecule has 0 nitrogen and oxygen atoms in total. The van der Waals surface area contributed by atoms with Crippen molar-refractivity contribution in [3.05, 3.63) is 166 Å².